The minimum atomic E-state index is -0.576. The number of nitrogens with zero attached hydrogens (tertiary/aromatic N) is 3. The third-order valence-electron chi connectivity index (χ3n) is 3.79. The van der Waals surface area contributed by atoms with Gasteiger partial charge in [-0.05, 0) is 12.8 Å². The number of hydrogen-bond donors (Lipinski definition) is 3. The highest BCUT2D eigenvalue weighted by Crippen LogP contribution is 2.24. The van der Waals surface area contributed by atoms with E-state index in [2.05, 4.69) is 15.3 Å². The van der Waals surface area contributed by atoms with Crippen molar-refractivity contribution in [1.82, 2.24) is 19.7 Å². The van der Waals surface area contributed by atoms with Crippen LogP contribution in [0.25, 0.3) is 5.65 Å². The highest BCUT2D eigenvalue weighted by Gasteiger charge is 2.34. The Balaban J connectivity index is 1.63. The molecule has 2 heterocycles. The largest absolute Gasteiger partial charge is 0.391 e. The molecule has 2 aromatic rings. The lowest BCUT2D eigenvalue weighted by Gasteiger charge is -2.10. The van der Waals surface area contributed by atoms with Crippen LogP contribution in [-0.4, -0.2) is 37.5 Å². The van der Waals surface area contributed by atoms with Crippen molar-refractivity contribution in [2.24, 2.45) is 11.7 Å². The summed E-state index contributed by atoms with van der Waals surface area (Å²) in [7, 11) is 0. The zero-order chi connectivity index (χ0) is 14.1. The monoisotopic (exact) mass is 275 g/mol. The number of carbonyl (C=O) groups excluding carboxylic acids is 1. The van der Waals surface area contributed by atoms with Crippen LogP contribution in [0.15, 0.2) is 24.8 Å². The number of nitrogens with one attached hydrogen (secondary N) is 1. The first-order valence-electron chi connectivity index (χ1n) is 6.62. The van der Waals surface area contributed by atoms with Crippen LogP contribution in [0, 0.1) is 5.92 Å². The summed E-state index contributed by atoms with van der Waals surface area (Å²) in [5.41, 5.74) is 7.35. The number of imidazole rings is 1. The fraction of sp³-hybridized carbons (Fsp3) is 0.462. The predicted molar refractivity (Wildman–Crippen MR) is 71.5 cm³/mol. The fourth-order valence-electron chi connectivity index (χ4n) is 2.61. The Morgan fingerprint density at radius 3 is 3.10 bits per heavy atom. The second kappa shape index (κ2) is 5.18. The van der Waals surface area contributed by atoms with E-state index in [-0.39, 0.29) is 17.9 Å². The molecule has 0 aromatic carbocycles. The minimum absolute atomic E-state index is 0.0685. The Morgan fingerprint density at radius 2 is 2.35 bits per heavy atom. The van der Waals surface area contributed by atoms with Gasteiger partial charge in [0, 0.05) is 24.4 Å². The fourth-order valence-corrected chi connectivity index (χ4v) is 2.61. The number of rotatable bonds is 3. The van der Waals surface area contributed by atoms with Gasteiger partial charge in [-0.25, -0.2) is 4.98 Å². The van der Waals surface area contributed by atoms with E-state index < -0.39 is 6.10 Å². The number of nitrogens with two attached hydrogens (primary N) is 1. The topological polar surface area (TPSA) is 106 Å². The summed E-state index contributed by atoms with van der Waals surface area (Å²) in [6.45, 7) is 0.395. The van der Waals surface area contributed by atoms with Crippen molar-refractivity contribution in [3.05, 3.63) is 30.5 Å². The van der Waals surface area contributed by atoms with E-state index in [0.29, 0.717) is 19.4 Å². The van der Waals surface area contributed by atoms with E-state index in [1.54, 1.807) is 24.8 Å². The van der Waals surface area contributed by atoms with Gasteiger partial charge in [-0.15, -0.1) is 0 Å². The number of hydrogen-bond acceptors (Lipinski definition) is 5. The zero-order valence-corrected chi connectivity index (χ0v) is 10.9. The highest BCUT2D eigenvalue weighted by atomic mass is 16.3. The summed E-state index contributed by atoms with van der Waals surface area (Å²) in [6, 6.07) is -0.298. The maximum atomic E-state index is 12.0. The summed E-state index contributed by atoms with van der Waals surface area (Å²) in [5, 5.41) is 12.5. The molecule has 1 saturated carbocycles. The molecule has 1 aliphatic rings. The van der Waals surface area contributed by atoms with Gasteiger partial charge < -0.3 is 16.2 Å². The van der Waals surface area contributed by atoms with E-state index in [4.69, 9.17) is 5.73 Å². The van der Waals surface area contributed by atoms with E-state index >= 15 is 0 Å². The van der Waals surface area contributed by atoms with Crippen LogP contribution in [-0.2, 0) is 11.3 Å². The normalized spacial score (nSPS) is 26.0. The summed E-state index contributed by atoms with van der Waals surface area (Å²) >= 11 is 0. The molecule has 0 saturated heterocycles. The van der Waals surface area contributed by atoms with Crippen LogP contribution in [0.1, 0.15) is 18.5 Å². The van der Waals surface area contributed by atoms with Crippen molar-refractivity contribution in [2.75, 3.05) is 0 Å². The molecule has 0 bridgehead atoms. The van der Waals surface area contributed by atoms with Gasteiger partial charge in [0.2, 0.25) is 5.91 Å². The number of carbonyl (C=O) groups is 1. The van der Waals surface area contributed by atoms with Gasteiger partial charge in [0.1, 0.15) is 0 Å². The first-order chi connectivity index (χ1) is 9.65. The van der Waals surface area contributed by atoms with Gasteiger partial charge in [-0.3, -0.25) is 14.2 Å². The standard InChI is InChI=1S/C13H17N5O2/c14-10-3-8(4-11(10)19)13(20)17-6-9-5-16-12-7-15-1-2-18(9)12/h1-2,5,7-8,10-11,19H,3-4,6,14H2,(H,17,20)/t8-,10+,11+/m0/s1. The molecule has 20 heavy (non-hydrogen) atoms. The molecule has 2 aromatic heterocycles. The van der Waals surface area contributed by atoms with Gasteiger partial charge in [0.05, 0.1) is 30.7 Å². The molecule has 106 valence electrons. The third-order valence-corrected chi connectivity index (χ3v) is 3.79. The summed E-state index contributed by atoms with van der Waals surface area (Å²) < 4.78 is 1.88. The number of aliphatic hydroxyl groups excluding tert-OH is 1. The third kappa shape index (κ3) is 2.37. The molecule has 0 radical (unpaired) electrons. The molecule has 0 aliphatic heterocycles. The van der Waals surface area contributed by atoms with Crippen molar-refractivity contribution in [3.8, 4) is 0 Å². The predicted octanol–water partition coefficient (Wildman–Crippen LogP) is -0.556. The smallest absolute Gasteiger partial charge is 0.223 e. The molecule has 7 nitrogen and oxygen atoms in total. The maximum absolute atomic E-state index is 12.0. The highest BCUT2D eigenvalue weighted by molar-refractivity contribution is 5.79. The van der Waals surface area contributed by atoms with E-state index in [9.17, 15) is 9.90 Å². The average molecular weight is 275 g/mol. The molecule has 1 amide bonds. The Labute approximate surface area is 115 Å². The molecule has 0 spiro atoms. The van der Waals surface area contributed by atoms with E-state index in [1.807, 2.05) is 4.40 Å². The Kier molecular flexibility index (Phi) is 3.37. The lowest BCUT2D eigenvalue weighted by molar-refractivity contribution is -0.125. The van der Waals surface area contributed by atoms with Gasteiger partial charge >= 0.3 is 0 Å². The van der Waals surface area contributed by atoms with Crippen molar-refractivity contribution in [1.29, 1.82) is 0 Å². The van der Waals surface area contributed by atoms with Crippen LogP contribution in [0.2, 0.25) is 0 Å². The molecule has 7 heteroatoms. The molecule has 1 aliphatic carbocycles. The van der Waals surface area contributed by atoms with Crippen LogP contribution in [0.5, 0.6) is 0 Å². The van der Waals surface area contributed by atoms with Gasteiger partial charge in [-0.1, -0.05) is 0 Å². The molecule has 3 atom stereocenters. The van der Waals surface area contributed by atoms with E-state index in [1.165, 1.54) is 0 Å². The second-order valence-electron chi connectivity index (χ2n) is 5.17. The molecule has 3 rings (SSSR count). The first kappa shape index (κ1) is 13.0. The molecule has 0 unspecified atom stereocenters. The van der Waals surface area contributed by atoms with Crippen molar-refractivity contribution in [3.63, 3.8) is 0 Å². The summed E-state index contributed by atoms with van der Waals surface area (Å²) in [4.78, 5) is 20.2. The lowest BCUT2D eigenvalue weighted by Crippen LogP contribution is -2.30. The van der Waals surface area contributed by atoms with Gasteiger partial charge in [-0.2, -0.15) is 0 Å². The van der Waals surface area contributed by atoms with E-state index in [0.717, 1.165) is 11.3 Å². The number of aliphatic hydroxyl groups is 1. The minimum Gasteiger partial charge on any atom is -0.391 e. The van der Waals surface area contributed by atoms with Crippen LogP contribution >= 0.6 is 0 Å². The number of amides is 1. The maximum Gasteiger partial charge on any atom is 0.223 e. The van der Waals surface area contributed by atoms with Gasteiger partial charge in [0.15, 0.2) is 5.65 Å². The van der Waals surface area contributed by atoms with Crippen molar-refractivity contribution >= 4 is 11.6 Å². The Bertz CT molecular complexity index is 616. The second-order valence-corrected chi connectivity index (χ2v) is 5.17. The van der Waals surface area contributed by atoms with Crippen LogP contribution in [0.4, 0.5) is 0 Å². The number of aromatic nitrogens is 3. The molecule has 1 fully saturated rings. The van der Waals surface area contributed by atoms with Crippen LogP contribution in [0.3, 0.4) is 0 Å². The summed E-state index contributed by atoms with van der Waals surface area (Å²) in [5.74, 6) is -0.276. The van der Waals surface area contributed by atoms with Crippen LogP contribution < -0.4 is 11.1 Å². The van der Waals surface area contributed by atoms with Gasteiger partial charge in [0.25, 0.3) is 0 Å². The quantitative estimate of drug-likeness (QED) is 0.696. The molecular formula is C13H17N5O2. The van der Waals surface area contributed by atoms with Crippen molar-refractivity contribution in [2.45, 2.75) is 31.5 Å². The molecule has 4 N–H and O–H groups in total. The SMILES string of the molecule is N[C@@H]1C[C@H](C(=O)NCc2cnc3cnccn23)C[C@H]1O. The lowest BCUT2D eigenvalue weighted by atomic mass is 10.1. The Morgan fingerprint density at radius 1 is 1.50 bits per heavy atom. The average Bonchev–Trinajstić information content (AvgIpc) is 3.01. The first-order valence-corrected chi connectivity index (χ1v) is 6.62. The Hall–Kier alpha value is -1.99. The van der Waals surface area contributed by atoms with Crippen molar-refractivity contribution < 1.29 is 9.90 Å². The molecular weight excluding hydrogens is 258 g/mol. The zero-order valence-electron chi connectivity index (χ0n) is 10.9. The number of fused-ring (bicyclic) bond motifs is 1. The summed E-state index contributed by atoms with van der Waals surface area (Å²) in [6.07, 6.45) is 7.25.